The first-order valence-corrected chi connectivity index (χ1v) is 9.02. The van der Waals surface area contributed by atoms with E-state index in [0.717, 1.165) is 6.42 Å². The molecule has 1 saturated heterocycles. The number of hydrogen-bond donors (Lipinski definition) is 1. The second kappa shape index (κ2) is 5.87. The number of amides is 3. The number of rotatable bonds is 3. The number of benzene rings is 1. The molecule has 1 saturated carbocycles. The summed E-state index contributed by atoms with van der Waals surface area (Å²) in [5.74, 6) is -0.139. The molecule has 1 aromatic carbocycles. The van der Waals surface area contributed by atoms with Crippen molar-refractivity contribution in [2.75, 3.05) is 10.2 Å². The van der Waals surface area contributed by atoms with E-state index in [1.807, 2.05) is 0 Å². The minimum Gasteiger partial charge on any atom is -0.307 e. The van der Waals surface area contributed by atoms with E-state index in [0.29, 0.717) is 17.1 Å². The van der Waals surface area contributed by atoms with Gasteiger partial charge in [-0.05, 0) is 54.7 Å². The van der Waals surface area contributed by atoms with Gasteiger partial charge in [0.25, 0.3) is 5.91 Å². The van der Waals surface area contributed by atoms with Gasteiger partial charge in [-0.1, -0.05) is 18.2 Å². The molecule has 1 aromatic heterocycles. The van der Waals surface area contributed by atoms with Crippen molar-refractivity contribution in [2.45, 2.75) is 6.42 Å². The zero-order valence-electron chi connectivity index (χ0n) is 14.4. The second-order valence-corrected chi connectivity index (χ2v) is 7.23. The van der Waals surface area contributed by atoms with Crippen LogP contribution >= 0.6 is 0 Å². The molecule has 1 aliphatic heterocycles. The third-order valence-corrected chi connectivity index (χ3v) is 5.76. The molecule has 2 fully saturated rings. The maximum atomic E-state index is 12.8. The van der Waals surface area contributed by atoms with E-state index >= 15 is 0 Å². The number of nitrogens with one attached hydrogen (secondary N) is 1. The third kappa shape index (κ3) is 2.40. The number of aromatic nitrogens is 1. The lowest BCUT2D eigenvalue weighted by atomic mass is 9.85. The molecule has 2 aliphatic carbocycles. The Labute approximate surface area is 155 Å². The van der Waals surface area contributed by atoms with Crippen LogP contribution in [0.25, 0.3) is 0 Å². The number of carbonyl (C=O) groups is 3. The lowest BCUT2D eigenvalue weighted by molar-refractivity contribution is -0.123. The number of anilines is 2. The molecule has 6 heteroatoms. The molecular formula is C21H17N3O3. The van der Waals surface area contributed by atoms with Crippen LogP contribution < -0.4 is 10.2 Å². The van der Waals surface area contributed by atoms with Crippen molar-refractivity contribution < 1.29 is 14.4 Å². The first-order valence-electron chi connectivity index (χ1n) is 9.02. The summed E-state index contributed by atoms with van der Waals surface area (Å²) in [6.45, 7) is 0. The molecule has 0 spiro atoms. The van der Waals surface area contributed by atoms with Gasteiger partial charge >= 0.3 is 0 Å². The number of fused-ring (bicyclic) bond motifs is 5. The molecule has 134 valence electrons. The lowest BCUT2D eigenvalue weighted by Crippen LogP contribution is -2.32. The number of imide groups is 1. The Morgan fingerprint density at radius 1 is 0.963 bits per heavy atom. The van der Waals surface area contributed by atoms with Crippen molar-refractivity contribution >= 4 is 29.2 Å². The van der Waals surface area contributed by atoms with Gasteiger partial charge in [-0.3, -0.25) is 19.3 Å². The highest BCUT2D eigenvalue weighted by Crippen LogP contribution is 2.53. The lowest BCUT2D eigenvalue weighted by Gasteiger charge is -2.17. The molecule has 1 N–H and O–H groups in total. The van der Waals surface area contributed by atoms with Crippen LogP contribution in [0.3, 0.4) is 0 Å². The SMILES string of the molecule is O=C(Nc1ccccn1)c1ccc(N2C(=O)[C@@H]3[C@@H](C2=O)[C@H]2C=C[C@H]3C2)cc1. The first kappa shape index (κ1) is 15.9. The Balaban J connectivity index is 1.36. The highest BCUT2D eigenvalue weighted by Gasteiger charge is 2.59. The summed E-state index contributed by atoms with van der Waals surface area (Å²) < 4.78 is 0. The van der Waals surface area contributed by atoms with E-state index in [-0.39, 0.29) is 41.4 Å². The van der Waals surface area contributed by atoms with Gasteiger partial charge in [0.1, 0.15) is 5.82 Å². The zero-order valence-corrected chi connectivity index (χ0v) is 14.4. The van der Waals surface area contributed by atoms with Crippen molar-refractivity contribution in [2.24, 2.45) is 23.7 Å². The van der Waals surface area contributed by atoms with Crippen LogP contribution in [-0.4, -0.2) is 22.7 Å². The Hall–Kier alpha value is -3.28. The molecule has 2 bridgehead atoms. The van der Waals surface area contributed by atoms with Crippen LogP contribution in [0.5, 0.6) is 0 Å². The fraction of sp³-hybridized carbons (Fsp3) is 0.238. The van der Waals surface area contributed by atoms with Crippen LogP contribution in [0, 0.1) is 23.7 Å². The van der Waals surface area contributed by atoms with Gasteiger partial charge in [0.2, 0.25) is 11.8 Å². The van der Waals surface area contributed by atoms with Crippen LogP contribution in [-0.2, 0) is 9.59 Å². The predicted molar refractivity (Wildman–Crippen MR) is 98.8 cm³/mol. The van der Waals surface area contributed by atoms with Crippen molar-refractivity contribution in [1.82, 2.24) is 4.98 Å². The second-order valence-electron chi connectivity index (χ2n) is 7.23. The molecular weight excluding hydrogens is 342 g/mol. The van der Waals surface area contributed by atoms with Crippen molar-refractivity contribution in [3.63, 3.8) is 0 Å². The zero-order chi connectivity index (χ0) is 18.5. The number of nitrogens with zero attached hydrogens (tertiary/aromatic N) is 2. The summed E-state index contributed by atoms with van der Waals surface area (Å²) in [5, 5.41) is 2.71. The highest BCUT2D eigenvalue weighted by atomic mass is 16.2. The average molecular weight is 359 g/mol. The molecule has 27 heavy (non-hydrogen) atoms. The number of hydrogen-bond acceptors (Lipinski definition) is 4. The topological polar surface area (TPSA) is 79.4 Å². The number of allylic oxidation sites excluding steroid dienone is 2. The molecule has 3 aliphatic rings. The Kier molecular flexibility index (Phi) is 3.47. The Bertz CT molecular complexity index is 938. The maximum Gasteiger partial charge on any atom is 0.256 e. The van der Waals surface area contributed by atoms with Crippen LogP contribution in [0.1, 0.15) is 16.8 Å². The van der Waals surface area contributed by atoms with E-state index < -0.39 is 0 Å². The fourth-order valence-electron chi connectivity index (χ4n) is 4.54. The predicted octanol–water partition coefficient (Wildman–Crippen LogP) is 2.65. The summed E-state index contributed by atoms with van der Waals surface area (Å²) in [6.07, 6.45) is 6.66. The van der Waals surface area contributed by atoms with Crippen molar-refractivity contribution in [3.05, 3.63) is 66.4 Å². The summed E-state index contributed by atoms with van der Waals surface area (Å²) in [5.41, 5.74) is 0.957. The fourth-order valence-corrected chi connectivity index (χ4v) is 4.54. The van der Waals surface area contributed by atoms with E-state index in [9.17, 15) is 14.4 Å². The van der Waals surface area contributed by atoms with Crippen molar-refractivity contribution in [1.29, 1.82) is 0 Å². The summed E-state index contributed by atoms with van der Waals surface area (Å²) in [7, 11) is 0. The minimum atomic E-state index is -0.293. The molecule has 3 amide bonds. The summed E-state index contributed by atoms with van der Waals surface area (Å²) in [4.78, 5) is 43.3. The Morgan fingerprint density at radius 3 is 2.22 bits per heavy atom. The van der Waals surface area contributed by atoms with E-state index in [1.54, 1.807) is 48.7 Å². The summed E-state index contributed by atoms with van der Waals surface area (Å²) >= 11 is 0. The normalized spacial score (nSPS) is 27.9. The van der Waals surface area contributed by atoms with E-state index in [4.69, 9.17) is 0 Å². The molecule has 2 aromatic rings. The van der Waals surface area contributed by atoms with Gasteiger partial charge in [0.15, 0.2) is 0 Å². The third-order valence-electron chi connectivity index (χ3n) is 5.76. The highest BCUT2D eigenvalue weighted by molar-refractivity contribution is 6.23. The van der Waals surface area contributed by atoms with Gasteiger partial charge in [-0.25, -0.2) is 4.98 Å². The van der Waals surface area contributed by atoms with Crippen LogP contribution in [0.15, 0.2) is 60.8 Å². The van der Waals surface area contributed by atoms with Gasteiger partial charge in [0.05, 0.1) is 17.5 Å². The average Bonchev–Trinajstić information content (AvgIpc) is 3.37. The molecule has 0 radical (unpaired) electrons. The van der Waals surface area contributed by atoms with E-state index in [1.165, 1.54) is 4.90 Å². The van der Waals surface area contributed by atoms with Gasteiger partial charge in [-0.2, -0.15) is 0 Å². The Morgan fingerprint density at radius 2 is 1.63 bits per heavy atom. The van der Waals surface area contributed by atoms with E-state index in [2.05, 4.69) is 22.5 Å². The summed E-state index contributed by atoms with van der Waals surface area (Å²) in [6, 6.07) is 11.8. The first-order chi connectivity index (χ1) is 13.1. The maximum absolute atomic E-state index is 12.8. The van der Waals surface area contributed by atoms with Gasteiger partial charge < -0.3 is 5.32 Å². The van der Waals surface area contributed by atoms with Crippen LogP contribution in [0.2, 0.25) is 0 Å². The smallest absolute Gasteiger partial charge is 0.256 e. The van der Waals surface area contributed by atoms with Gasteiger partial charge in [0, 0.05) is 11.8 Å². The monoisotopic (exact) mass is 359 g/mol. The standard InChI is InChI=1S/C21H17N3O3/c25-19(23-16-3-1-2-10-22-16)12-6-8-15(9-7-12)24-20(26)17-13-4-5-14(11-13)18(17)21(24)27/h1-10,13-14,17-18H,11H2,(H,22,23,25)/t13-,14-,17-,18-/m0/s1. The van der Waals surface area contributed by atoms with Crippen molar-refractivity contribution in [3.8, 4) is 0 Å². The molecule has 2 heterocycles. The molecule has 0 unspecified atom stereocenters. The molecule has 5 rings (SSSR count). The van der Waals surface area contributed by atoms with Crippen LogP contribution in [0.4, 0.5) is 11.5 Å². The quantitative estimate of drug-likeness (QED) is 0.675. The number of carbonyl (C=O) groups excluding carboxylic acids is 3. The number of pyridine rings is 1. The molecule has 4 atom stereocenters. The largest absolute Gasteiger partial charge is 0.307 e. The minimum absolute atomic E-state index is 0.118. The van der Waals surface area contributed by atoms with Gasteiger partial charge in [-0.15, -0.1) is 0 Å². The molecule has 6 nitrogen and oxygen atoms in total.